The molecule has 0 bridgehead atoms. The highest BCUT2D eigenvalue weighted by atomic mass is 32.2. The van der Waals surface area contributed by atoms with Crippen LogP contribution in [0.3, 0.4) is 0 Å². The molecule has 0 amide bonds. The zero-order valence-corrected chi connectivity index (χ0v) is 12.9. The lowest BCUT2D eigenvalue weighted by Crippen LogP contribution is -2.26. The van der Waals surface area contributed by atoms with Crippen LogP contribution in [0.1, 0.15) is 42.3 Å². The Bertz CT molecular complexity index is 518. The Kier molecular flexibility index (Phi) is 4.80. The van der Waals surface area contributed by atoms with Gasteiger partial charge < -0.3 is 5.11 Å². The van der Waals surface area contributed by atoms with Gasteiger partial charge in [-0.25, -0.2) is 0 Å². The SMILES string of the molecule is CC(=O)c1cc(C)c(SCC(C)(C)C(=O)O)cc1C. The van der Waals surface area contributed by atoms with Gasteiger partial charge in [-0.2, -0.15) is 0 Å². The van der Waals surface area contributed by atoms with Crippen LogP contribution in [0.5, 0.6) is 0 Å². The number of Topliss-reactive ketones (excluding diaryl/α,β-unsaturated/α-hetero) is 1. The van der Waals surface area contributed by atoms with E-state index < -0.39 is 11.4 Å². The largest absolute Gasteiger partial charge is 0.481 e. The van der Waals surface area contributed by atoms with E-state index >= 15 is 0 Å². The zero-order valence-electron chi connectivity index (χ0n) is 12.0. The minimum absolute atomic E-state index is 0.0583. The second-order valence-corrected chi connectivity index (χ2v) is 6.48. The predicted octanol–water partition coefficient (Wildman–Crippen LogP) is 3.71. The van der Waals surface area contributed by atoms with Crippen LogP contribution in [0.25, 0.3) is 0 Å². The minimum Gasteiger partial charge on any atom is -0.481 e. The summed E-state index contributed by atoms with van der Waals surface area (Å²) in [6.45, 7) is 8.84. The third kappa shape index (κ3) is 3.83. The van der Waals surface area contributed by atoms with Crippen LogP contribution in [0.2, 0.25) is 0 Å². The molecule has 0 saturated carbocycles. The molecule has 4 heteroatoms. The lowest BCUT2D eigenvalue weighted by atomic mass is 9.97. The smallest absolute Gasteiger partial charge is 0.309 e. The van der Waals surface area contributed by atoms with E-state index in [1.165, 1.54) is 11.8 Å². The monoisotopic (exact) mass is 280 g/mol. The summed E-state index contributed by atoms with van der Waals surface area (Å²) in [7, 11) is 0. The maximum Gasteiger partial charge on any atom is 0.309 e. The summed E-state index contributed by atoms with van der Waals surface area (Å²) in [5, 5.41) is 9.10. The topological polar surface area (TPSA) is 54.4 Å². The Hall–Kier alpha value is -1.29. The Morgan fingerprint density at radius 2 is 1.79 bits per heavy atom. The van der Waals surface area contributed by atoms with Crippen molar-refractivity contribution in [3.8, 4) is 0 Å². The van der Waals surface area contributed by atoms with Gasteiger partial charge in [0.25, 0.3) is 0 Å². The molecule has 0 radical (unpaired) electrons. The summed E-state index contributed by atoms with van der Waals surface area (Å²) in [6, 6.07) is 3.85. The van der Waals surface area contributed by atoms with Crippen molar-refractivity contribution in [1.82, 2.24) is 0 Å². The van der Waals surface area contributed by atoms with Crippen molar-refractivity contribution in [2.24, 2.45) is 5.41 Å². The van der Waals surface area contributed by atoms with E-state index in [2.05, 4.69) is 0 Å². The van der Waals surface area contributed by atoms with Crippen LogP contribution in [0.15, 0.2) is 17.0 Å². The molecule has 3 nitrogen and oxygen atoms in total. The lowest BCUT2D eigenvalue weighted by Gasteiger charge is -2.19. The third-order valence-electron chi connectivity index (χ3n) is 3.07. The standard InChI is InChI=1S/C15H20O3S/c1-9-7-13(10(2)6-12(9)11(3)16)19-8-15(4,5)14(17)18/h6-7H,8H2,1-5H3,(H,17,18). The van der Waals surface area contributed by atoms with Gasteiger partial charge in [0.05, 0.1) is 5.41 Å². The van der Waals surface area contributed by atoms with Crippen molar-refractivity contribution in [2.45, 2.75) is 39.5 Å². The van der Waals surface area contributed by atoms with Gasteiger partial charge in [0.1, 0.15) is 0 Å². The predicted molar refractivity (Wildman–Crippen MR) is 78.1 cm³/mol. The number of benzene rings is 1. The molecule has 0 aromatic heterocycles. The van der Waals surface area contributed by atoms with Crippen LogP contribution in [0.4, 0.5) is 0 Å². The number of carbonyl (C=O) groups is 2. The van der Waals surface area contributed by atoms with Gasteiger partial charge in [-0.3, -0.25) is 9.59 Å². The molecule has 19 heavy (non-hydrogen) atoms. The number of hydrogen-bond donors (Lipinski definition) is 1. The molecular weight excluding hydrogens is 260 g/mol. The molecule has 0 aliphatic rings. The van der Waals surface area contributed by atoms with E-state index in [0.717, 1.165) is 21.6 Å². The fraction of sp³-hybridized carbons (Fsp3) is 0.467. The Morgan fingerprint density at radius 1 is 1.21 bits per heavy atom. The van der Waals surface area contributed by atoms with E-state index in [1.807, 2.05) is 26.0 Å². The van der Waals surface area contributed by atoms with Crippen molar-refractivity contribution >= 4 is 23.5 Å². The van der Waals surface area contributed by atoms with Gasteiger partial charge in [0, 0.05) is 16.2 Å². The highest BCUT2D eigenvalue weighted by Crippen LogP contribution is 2.31. The quantitative estimate of drug-likeness (QED) is 0.660. The number of rotatable bonds is 5. The van der Waals surface area contributed by atoms with Crippen molar-refractivity contribution in [2.75, 3.05) is 5.75 Å². The second kappa shape index (κ2) is 5.78. The first kappa shape index (κ1) is 15.8. The van der Waals surface area contributed by atoms with Crippen LogP contribution < -0.4 is 0 Å². The first-order valence-electron chi connectivity index (χ1n) is 6.13. The van der Waals surface area contributed by atoms with Gasteiger partial charge in [-0.1, -0.05) is 0 Å². The Morgan fingerprint density at radius 3 is 2.26 bits per heavy atom. The maximum atomic E-state index is 11.5. The number of carbonyl (C=O) groups excluding carboxylic acids is 1. The van der Waals surface area contributed by atoms with E-state index in [1.54, 1.807) is 20.8 Å². The number of aliphatic carboxylic acids is 1. The molecule has 1 aromatic rings. The average molecular weight is 280 g/mol. The summed E-state index contributed by atoms with van der Waals surface area (Å²) < 4.78 is 0. The van der Waals surface area contributed by atoms with Crippen molar-refractivity contribution in [1.29, 1.82) is 0 Å². The number of carboxylic acid groups (broad SMARTS) is 1. The summed E-state index contributed by atoms with van der Waals surface area (Å²) in [5.41, 5.74) is 1.93. The van der Waals surface area contributed by atoms with E-state index in [4.69, 9.17) is 5.11 Å². The Balaban J connectivity index is 2.95. The number of carboxylic acids is 1. The summed E-state index contributed by atoms with van der Waals surface area (Å²) in [6.07, 6.45) is 0. The van der Waals surface area contributed by atoms with Crippen molar-refractivity contribution in [3.05, 3.63) is 28.8 Å². The molecule has 0 spiro atoms. The van der Waals surface area contributed by atoms with Gasteiger partial charge in [0.15, 0.2) is 5.78 Å². The van der Waals surface area contributed by atoms with Crippen molar-refractivity contribution in [3.63, 3.8) is 0 Å². The van der Waals surface area contributed by atoms with Crippen LogP contribution in [-0.4, -0.2) is 22.6 Å². The van der Waals surface area contributed by atoms with Crippen LogP contribution in [-0.2, 0) is 4.79 Å². The highest BCUT2D eigenvalue weighted by Gasteiger charge is 2.27. The fourth-order valence-electron chi connectivity index (χ4n) is 1.64. The average Bonchev–Trinajstić information content (AvgIpc) is 2.29. The molecule has 0 fully saturated rings. The minimum atomic E-state index is -0.797. The summed E-state index contributed by atoms with van der Waals surface area (Å²) in [4.78, 5) is 23.6. The van der Waals surface area contributed by atoms with Gasteiger partial charge >= 0.3 is 5.97 Å². The van der Waals surface area contributed by atoms with Gasteiger partial charge in [-0.15, -0.1) is 11.8 Å². The molecule has 104 valence electrons. The van der Waals surface area contributed by atoms with E-state index in [9.17, 15) is 9.59 Å². The van der Waals surface area contributed by atoms with E-state index in [-0.39, 0.29) is 5.78 Å². The molecule has 0 heterocycles. The number of ketones is 1. The molecule has 0 saturated heterocycles. The fourth-order valence-corrected chi connectivity index (χ4v) is 2.83. The molecular formula is C15H20O3S. The molecule has 0 aliphatic carbocycles. The number of aryl methyl sites for hydroxylation is 2. The maximum absolute atomic E-state index is 11.5. The summed E-state index contributed by atoms with van der Waals surface area (Å²) in [5.74, 6) is -0.236. The van der Waals surface area contributed by atoms with Crippen molar-refractivity contribution < 1.29 is 14.7 Å². The first-order valence-corrected chi connectivity index (χ1v) is 7.12. The lowest BCUT2D eigenvalue weighted by molar-refractivity contribution is -0.145. The first-order chi connectivity index (χ1) is 8.65. The molecule has 0 aliphatic heterocycles. The highest BCUT2D eigenvalue weighted by molar-refractivity contribution is 7.99. The van der Waals surface area contributed by atoms with Crippen LogP contribution in [0, 0.1) is 19.3 Å². The number of hydrogen-bond acceptors (Lipinski definition) is 3. The second-order valence-electron chi connectivity index (χ2n) is 5.47. The third-order valence-corrected chi connectivity index (χ3v) is 4.69. The molecule has 1 aromatic carbocycles. The van der Waals surface area contributed by atoms with E-state index in [0.29, 0.717) is 5.75 Å². The van der Waals surface area contributed by atoms with Gasteiger partial charge in [0.2, 0.25) is 0 Å². The molecule has 0 unspecified atom stereocenters. The normalized spacial score (nSPS) is 11.4. The zero-order chi connectivity index (χ0) is 14.8. The van der Waals surface area contributed by atoms with Gasteiger partial charge in [-0.05, 0) is 57.9 Å². The van der Waals surface area contributed by atoms with Crippen LogP contribution >= 0.6 is 11.8 Å². The summed E-state index contributed by atoms with van der Waals surface area (Å²) >= 11 is 1.52. The molecule has 0 atom stereocenters. The molecule has 1 rings (SSSR count). The Labute approximate surface area is 118 Å². The number of thioether (sulfide) groups is 1. The molecule has 1 N–H and O–H groups in total.